The normalized spacial score (nSPS) is 18.8. The van der Waals surface area contributed by atoms with Gasteiger partial charge in [-0.25, -0.2) is 0 Å². The van der Waals surface area contributed by atoms with Crippen LogP contribution < -0.4 is 5.32 Å². The number of unbranched alkanes of at least 4 members (excludes halogenated alkanes) is 49. The van der Waals surface area contributed by atoms with Crippen LogP contribution in [0.2, 0.25) is 0 Å². The minimum atomic E-state index is -1.67. The maximum atomic E-state index is 13.3. The van der Waals surface area contributed by atoms with Gasteiger partial charge in [0.1, 0.15) is 36.6 Å². The Kier molecular flexibility index (Phi) is 61.7. The maximum absolute atomic E-state index is 13.3. The van der Waals surface area contributed by atoms with Crippen LogP contribution in [0.15, 0.2) is 36.5 Å². The zero-order valence-electron chi connectivity index (χ0n) is 57.0. The Morgan fingerprint density at radius 2 is 0.713 bits per heavy atom. The van der Waals surface area contributed by atoms with Gasteiger partial charge in [0.2, 0.25) is 5.91 Å². The summed E-state index contributed by atoms with van der Waals surface area (Å²) in [4.78, 5) is 13.3. The van der Waals surface area contributed by atoms with Crippen molar-refractivity contribution in [2.45, 2.75) is 428 Å². The van der Waals surface area contributed by atoms with E-state index >= 15 is 0 Å². The Morgan fingerprint density at radius 3 is 1.06 bits per heavy atom. The number of rotatable bonds is 67. The quantitative estimate of drug-likeness (QED) is 0.0215. The highest BCUT2D eigenvalue weighted by Crippen LogP contribution is 2.24. The van der Waals surface area contributed by atoms with Crippen molar-refractivity contribution >= 4 is 5.91 Å². The first-order valence-corrected chi connectivity index (χ1v) is 37.9. The van der Waals surface area contributed by atoms with Gasteiger partial charge in [-0.1, -0.05) is 339 Å². The lowest BCUT2D eigenvalue weighted by molar-refractivity contribution is -0.303. The number of carbonyl (C=O) groups is 1. The van der Waals surface area contributed by atoms with Crippen molar-refractivity contribution in [1.29, 1.82) is 0 Å². The van der Waals surface area contributed by atoms with Crippen molar-refractivity contribution in [3.8, 4) is 0 Å². The van der Waals surface area contributed by atoms with Gasteiger partial charge in [-0.05, 0) is 70.6 Å². The molecule has 9 atom stereocenters. The van der Waals surface area contributed by atoms with Crippen LogP contribution in [0.5, 0.6) is 0 Å². The summed E-state index contributed by atoms with van der Waals surface area (Å²) in [5.41, 5.74) is 0. The van der Waals surface area contributed by atoms with E-state index in [4.69, 9.17) is 9.47 Å². The molecule has 1 saturated heterocycles. The molecule has 11 heteroatoms. The third kappa shape index (κ3) is 51.5. The summed E-state index contributed by atoms with van der Waals surface area (Å²) in [7, 11) is 0. The Bertz CT molecular complexity index is 1510. The standard InChI is InChI=1S/C76H145NO10/c1-3-5-7-9-11-13-15-17-19-21-23-25-27-28-29-30-31-32-33-34-35-36-37-38-39-40-41-42-44-46-48-50-52-54-56-58-60-62-64-69(80)75(85)77-67(66-86-76-74(84)73(83)72(82)70(65-78)87-76)71(81)68(79)63-61-59-57-55-53-51-49-47-45-43-26-24-22-20-18-16-14-12-10-8-6-4-2/h31-32,34-35,55,57,67-74,76,78-84H,3-30,33,36-54,56,58-66H2,1-2H3,(H,77,85)/b32-31-,35-34-,57-55+. The van der Waals surface area contributed by atoms with Crippen LogP contribution in [0.1, 0.15) is 373 Å². The van der Waals surface area contributed by atoms with Crippen molar-refractivity contribution in [3.05, 3.63) is 36.5 Å². The summed E-state index contributed by atoms with van der Waals surface area (Å²) in [6.07, 6.45) is 72.6. The van der Waals surface area contributed by atoms with Crippen LogP contribution in [-0.4, -0.2) is 110 Å². The first kappa shape index (κ1) is 83.3. The van der Waals surface area contributed by atoms with Crippen molar-refractivity contribution in [3.63, 3.8) is 0 Å². The molecule has 0 bridgehead atoms. The summed E-state index contributed by atoms with van der Waals surface area (Å²) in [6, 6.07) is -1.19. The second-order valence-corrected chi connectivity index (χ2v) is 26.7. The molecule has 0 aromatic carbocycles. The molecule has 0 spiro atoms. The summed E-state index contributed by atoms with van der Waals surface area (Å²) < 4.78 is 11.2. The monoisotopic (exact) mass is 1230 g/mol. The number of carbonyl (C=O) groups excluding carboxylic acids is 1. The Labute approximate surface area is 537 Å². The zero-order chi connectivity index (χ0) is 63.1. The summed E-state index contributed by atoms with van der Waals surface area (Å²) in [5, 5.41) is 76.5. The van der Waals surface area contributed by atoms with E-state index in [0.29, 0.717) is 12.8 Å². The summed E-state index contributed by atoms with van der Waals surface area (Å²) >= 11 is 0. The lowest BCUT2D eigenvalue weighted by atomic mass is 9.98. The third-order valence-corrected chi connectivity index (χ3v) is 18.4. The fourth-order valence-corrected chi connectivity index (χ4v) is 12.4. The van der Waals surface area contributed by atoms with E-state index in [9.17, 15) is 40.5 Å². The Morgan fingerprint density at radius 1 is 0.402 bits per heavy atom. The molecule has 514 valence electrons. The molecule has 9 unspecified atom stereocenters. The molecule has 0 saturated carbocycles. The molecule has 1 amide bonds. The van der Waals surface area contributed by atoms with E-state index in [0.717, 1.165) is 44.9 Å². The van der Waals surface area contributed by atoms with Crippen LogP contribution in [0.25, 0.3) is 0 Å². The fraction of sp³-hybridized carbons (Fsp3) is 0.908. The lowest BCUT2D eigenvalue weighted by Crippen LogP contribution is -2.60. The fourth-order valence-electron chi connectivity index (χ4n) is 12.4. The van der Waals surface area contributed by atoms with Gasteiger partial charge in [-0.15, -0.1) is 0 Å². The van der Waals surface area contributed by atoms with Crippen LogP contribution >= 0.6 is 0 Å². The lowest BCUT2D eigenvalue weighted by Gasteiger charge is -2.40. The van der Waals surface area contributed by atoms with Gasteiger partial charge in [0, 0.05) is 0 Å². The van der Waals surface area contributed by atoms with E-state index < -0.39 is 74.2 Å². The minimum Gasteiger partial charge on any atom is -0.394 e. The van der Waals surface area contributed by atoms with E-state index in [-0.39, 0.29) is 12.8 Å². The second-order valence-electron chi connectivity index (χ2n) is 26.7. The number of amides is 1. The molecular formula is C76H145NO10. The van der Waals surface area contributed by atoms with Gasteiger partial charge in [0.05, 0.1) is 25.4 Å². The van der Waals surface area contributed by atoms with Crippen LogP contribution in [-0.2, 0) is 14.3 Å². The van der Waals surface area contributed by atoms with E-state index in [1.807, 2.05) is 0 Å². The van der Waals surface area contributed by atoms with Crippen molar-refractivity contribution in [1.82, 2.24) is 5.32 Å². The molecule has 0 aromatic rings. The summed E-state index contributed by atoms with van der Waals surface area (Å²) in [5.74, 6) is -0.701. The molecule has 1 aliphatic rings. The number of aliphatic hydroxyl groups excluding tert-OH is 7. The predicted molar refractivity (Wildman–Crippen MR) is 367 cm³/mol. The topological polar surface area (TPSA) is 189 Å². The molecule has 11 nitrogen and oxygen atoms in total. The third-order valence-electron chi connectivity index (χ3n) is 18.4. The molecule has 0 aliphatic carbocycles. The van der Waals surface area contributed by atoms with Gasteiger partial charge in [-0.2, -0.15) is 0 Å². The maximum Gasteiger partial charge on any atom is 0.249 e. The molecule has 1 fully saturated rings. The highest BCUT2D eigenvalue weighted by molar-refractivity contribution is 5.80. The van der Waals surface area contributed by atoms with E-state index in [1.165, 1.54) is 289 Å². The highest BCUT2D eigenvalue weighted by Gasteiger charge is 2.44. The molecular weight excluding hydrogens is 1090 g/mol. The molecule has 1 aliphatic heterocycles. The van der Waals surface area contributed by atoms with E-state index in [2.05, 4.69) is 55.6 Å². The van der Waals surface area contributed by atoms with Crippen LogP contribution in [0.4, 0.5) is 0 Å². The van der Waals surface area contributed by atoms with Gasteiger partial charge < -0.3 is 50.5 Å². The molecule has 87 heavy (non-hydrogen) atoms. The van der Waals surface area contributed by atoms with E-state index in [1.54, 1.807) is 0 Å². The second kappa shape index (κ2) is 64.4. The molecule has 0 aromatic heterocycles. The number of hydrogen-bond donors (Lipinski definition) is 8. The van der Waals surface area contributed by atoms with Crippen molar-refractivity contribution < 1.29 is 50.0 Å². The average Bonchev–Trinajstić information content (AvgIpc) is 1.96. The number of aliphatic hydroxyl groups is 7. The number of allylic oxidation sites excluding steroid dienone is 6. The van der Waals surface area contributed by atoms with Gasteiger partial charge in [0.25, 0.3) is 0 Å². The van der Waals surface area contributed by atoms with Gasteiger partial charge >= 0.3 is 0 Å². The molecule has 1 rings (SSSR count). The largest absolute Gasteiger partial charge is 0.394 e. The van der Waals surface area contributed by atoms with Gasteiger partial charge in [0.15, 0.2) is 6.29 Å². The molecule has 1 heterocycles. The number of hydrogen-bond acceptors (Lipinski definition) is 10. The van der Waals surface area contributed by atoms with Crippen molar-refractivity contribution in [2.75, 3.05) is 13.2 Å². The minimum absolute atomic E-state index is 0.256. The van der Waals surface area contributed by atoms with Crippen LogP contribution in [0.3, 0.4) is 0 Å². The van der Waals surface area contributed by atoms with Crippen molar-refractivity contribution in [2.24, 2.45) is 0 Å². The van der Waals surface area contributed by atoms with Gasteiger partial charge in [-0.3, -0.25) is 4.79 Å². The van der Waals surface area contributed by atoms with Crippen LogP contribution in [0, 0.1) is 0 Å². The number of nitrogens with one attached hydrogen (secondary N) is 1. The zero-order valence-corrected chi connectivity index (χ0v) is 57.0. The Hall–Kier alpha value is -1.67. The average molecular weight is 1230 g/mol. The number of ether oxygens (including phenoxy) is 2. The SMILES string of the molecule is CCCCCCCCCCCCCCCCC/C=C\C/C=C\CCCCCCCCCCCCCCCCCCC(O)C(=O)NC(COC1OC(CO)C(O)C(O)C1O)C(O)C(O)CCC/C=C/CCCCCCCCCCCCCCCCCCC. The molecule has 0 radical (unpaired) electrons. The predicted octanol–water partition coefficient (Wildman–Crippen LogP) is 18.9. The summed E-state index contributed by atoms with van der Waals surface area (Å²) in [6.45, 7) is 3.50. The smallest absolute Gasteiger partial charge is 0.249 e. The first-order valence-electron chi connectivity index (χ1n) is 37.9. The first-order chi connectivity index (χ1) is 42.7. The Balaban J connectivity index is 2.14. The molecule has 8 N–H and O–H groups in total. The highest BCUT2D eigenvalue weighted by atomic mass is 16.7.